The first-order valence-corrected chi connectivity index (χ1v) is 9.14. The molecule has 1 heterocycles. The van der Waals surface area contributed by atoms with Crippen LogP contribution in [0.15, 0.2) is 21.6 Å². The molecule has 19 heavy (non-hydrogen) atoms. The van der Waals surface area contributed by atoms with Crippen molar-refractivity contribution >= 4 is 42.6 Å². The van der Waals surface area contributed by atoms with E-state index >= 15 is 0 Å². The average Bonchev–Trinajstić information content (AvgIpc) is 2.38. The van der Waals surface area contributed by atoms with Crippen molar-refractivity contribution in [1.29, 1.82) is 0 Å². The number of nitrogens with zero attached hydrogens (tertiary/aromatic N) is 1. The van der Waals surface area contributed by atoms with Gasteiger partial charge in [0.1, 0.15) is 4.90 Å². The first kappa shape index (κ1) is 16.5. The van der Waals surface area contributed by atoms with E-state index in [4.69, 9.17) is 5.84 Å². The summed E-state index contributed by atoms with van der Waals surface area (Å²) in [5.41, 5.74) is 2.23. The quantitative estimate of drug-likeness (QED) is 0.465. The third-order valence-electron chi connectivity index (χ3n) is 2.19. The van der Waals surface area contributed by atoms with Crippen LogP contribution in [-0.2, 0) is 20.8 Å². The molecular weight excluding hydrogens is 356 g/mol. The first-order chi connectivity index (χ1) is 8.90. The first-order valence-electron chi connectivity index (χ1n) is 5.37. The number of nitrogens with two attached hydrogens (primary N) is 1. The molecule has 0 aliphatic heterocycles. The Morgan fingerprint density at radius 3 is 2.79 bits per heavy atom. The fourth-order valence-electron chi connectivity index (χ4n) is 1.25. The van der Waals surface area contributed by atoms with Crippen LogP contribution in [0.25, 0.3) is 0 Å². The lowest BCUT2D eigenvalue weighted by molar-refractivity contribution is 0.584. The minimum absolute atomic E-state index is 0.0484. The normalized spacial score (nSPS) is 13.2. The number of hydrogen-bond donors (Lipinski definition) is 3. The van der Waals surface area contributed by atoms with Crippen molar-refractivity contribution in [3.63, 3.8) is 0 Å². The minimum Gasteiger partial charge on any atom is -0.307 e. The zero-order valence-corrected chi connectivity index (χ0v) is 13.4. The highest BCUT2D eigenvalue weighted by Gasteiger charge is 2.19. The minimum atomic E-state index is -3.75. The van der Waals surface area contributed by atoms with Crippen molar-refractivity contribution < 1.29 is 12.6 Å². The van der Waals surface area contributed by atoms with Crippen LogP contribution in [0, 0.1) is 0 Å². The summed E-state index contributed by atoms with van der Waals surface area (Å²) >= 11 is 3.15. The van der Waals surface area contributed by atoms with E-state index in [0.717, 1.165) is 0 Å². The van der Waals surface area contributed by atoms with Crippen LogP contribution in [0.3, 0.4) is 0 Å². The van der Waals surface area contributed by atoms with Crippen molar-refractivity contribution in [2.24, 2.45) is 5.84 Å². The van der Waals surface area contributed by atoms with Crippen LogP contribution in [0.1, 0.15) is 6.92 Å². The van der Waals surface area contributed by atoms with Gasteiger partial charge in [-0.15, -0.1) is 0 Å². The van der Waals surface area contributed by atoms with Gasteiger partial charge < -0.3 is 5.43 Å². The summed E-state index contributed by atoms with van der Waals surface area (Å²) in [5.74, 6) is 6.04. The second kappa shape index (κ2) is 7.29. The summed E-state index contributed by atoms with van der Waals surface area (Å²) in [5, 5.41) is 0. The predicted octanol–water partition coefficient (Wildman–Crippen LogP) is 0.177. The second-order valence-electron chi connectivity index (χ2n) is 3.48. The van der Waals surface area contributed by atoms with Gasteiger partial charge in [0.05, 0.1) is 0 Å². The molecule has 0 spiro atoms. The molecule has 108 valence electrons. The monoisotopic (exact) mass is 370 g/mol. The Balaban J connectivity index is 2.88. The van der Waals surface area contributed by atoms with Gasteiger partial charge in [0.25, 0.3) is 0 Å². The molecule has 1 atom stereocenters. The molecule has 0 fully saturated rings. The third-order valence-corrected chi connectivity index (χ3v) is 5.40. The zero-order valence-electron chi connectivity index (χ0n) is 10.2. The number of rotatable bonds is 7. The lowest BCUT2D eigenvalue weighted by Gasteiger charge is -2.10. The van der Waals surface area contributed by atoms with Gasteiger partial charge in [0.2, 0.25) is 10.0 Å². The maximum absolute atomic E-state index is 12.1. The molecule has 0 saturated carbocycles. The Labute approximate surface area is 123 Å². The molecule has 0 aliphatic carbocycles. The van der Waals surface area contributed by atoms with Crippen LogP contribution in [0.5, 0.6) is 0 Å². The molecule has 10 heteroatoms. The Kier molecular flexibility index (Phi) is 6.33. The van der Waals surface area contributed by atoms with E-state index in [-0.39, 0.29) is 23.0 Å². The van der Waals surface area contributed by atoms with Crippen LogP contribution < -0.4 is 16.0 Å². The van der Waals surface area contributed by atoms with Crippen LogP contribution in [-0.4, -0.2) is 35.7 Å². The van der Waals surface area contributed by atoms with E-state index in [0.29, 0.717) is 10.2 Å². The molecule has 4 N–H and O–H groups in total. The number of hydrazine groups is 1. The van der Waals surface area contributed by atoms with E-state index in [1.54, 1.807) is 6.92 Å². The molecule has 0 saturated heterocycles. The molecule has 1 aromatic heterocycles. The van der Waals surface area contributed by atoms with E-state index < -0.39 is 20.8 Å². The number of sulfonamides is 1. The van der Waals surface area contributed by atoms with Gasteiger partial charge in [0.15, 0.2) is 5.82 Å². The molecule has 1 rings (SSSR count). The molecule has 0 amide bonds. The lowest BCUT2D eigenvalue weighted by atomic mass is 10.5. The highest BCUT2D eigenvalue weighted by atomic mass is 79.9. The Bertz CT molecular complexity index is 565. The highest BCUT2D eigenvalue weighted by Crippen LogP contribution is 2.21. The number of anilines is 1. The summed E-state index contributed by atoms with van der Waals surface area (Å²) in [6.07, 6.45) is 1.43. The molecule has 0 aliphatic rings. The van der Waals surface area contributed by atoms with E-state index in [1.165, 1.54) is 12.3 Å². The van der Waals surface area contributed by atoms with Crippen LogP contribution in [0.4, 0.5) is 5.82 Å². The molecule has 0 radical (unpaired) electrons. The van der Waals surface area contributed by atoms with Gasteiger partial charge in [-0.2, -0.15) is 0 Å². The summed E-state index contributed by atoms with van der Waals surface area (Å²) in [6.45, 7) is 1.87. The fourth-order valence-corrected chi connectivity index (χ4v) is 3.65. The Morgan fingerprint density at radius 2 is 2.21 bits per heavy atom. The summed E-state index contributed by atoms with van der Waals surface area (Å²) in [6, 6.07) is 1.39. The molecule has 1 aromatic rings. The molecule has 0 aromatic carbocycles. The number of aromatic nitrogens is 1. The van der Waals surface area contributed by atoms with Crippen molar-refractivity contribution in [1.82, 2.24) is 9.71 Å². The zero-order chi connectivity index (χ0) is 14.5. The standard InChI is InChI=1S/C9H15BrN4O3S2/c1-2-18(15)4-3-13-19(16,17)8-5-7(10)6-12-9(8)14-11/h5-6,13H,2-4,11H2,1H3,(H,12,14). The van der Waals surface area contributed by atoms with Crippen molar-refractivity contribution in [3.05, 3.63) is 16.7 Å². The maximum atomic E-state index is 12.1. The fraction of sp³-hybridized carbons (Fsp3) is 0.444. The van der Waals surface area contributed by atoms with Crippen molar-refractivity contribution in [2.75, 3.05) is 23.5 Å². The van der Waals surface area contributed by atoms with Gasteiger partial charge in [-0.3, -0.25) is 4.21 Å². The van der Waals surface area contributed by atoms with Crippen molar-refractivity contribution in [3.8, 4) is 0 Å². The number of halogens is 1. The number of hydrogen-bond acceptors (Lipinski definition) is 6. The average molecular weight is 371 g/mol. The van der Waals surface area contributed by atoms with Gasteiger partial charge in [-0.25, -0.2) is 24.0 Å². The summed E-state index contributed by atoms with van der Waals surface area (Å²) < 4.78 is 38.3. The Hall–Kier alpha value is -0.550. The number of pyridine rings is 1. The second-order valence-corrected chi connectivity index (χ2v) is 7.99. The summed E-state index contributed by atoms with van der Waals surface area (Å²) in [7, 11) is -4.77. The van der Waals surface area contributed by atoms with Crippen molar-refractivity contribution in [2.45, 2.75) is 11.8 Å². The highest BCUT2D eigenvalue weighted by molar-refractivity contribution is 9.10. The molecular formula is C9H15BrN4O3S2. The van der Waals surface area contributed by atoms with Gasteiger partial charge >= 0.3 is 0 Å². The molecule has 1 unspecified atom stereocenters. The van der Waals surface area contributed by atoms with Gasteiger partial charge in [0, 0.05) is 39.5 Å². The van der Waals surface area contributed by atoms with Crippen LogP contribution >= 0.6 is 15.9 Å². The maximum Gasteiger partial charge on any atom is 0.244 e. The summed E-state index contributed by atoms with van der Waals surface area (Å²) in [4.78, 5) is 3.80. The van der Waals surface area contributed by atoms with Crippen LogP contribution in [0.2, 0.25) is 0 Å². The molecule has 7 nitrogen and oxygen atoms in total. The lowest BCUT2D eigenvalue weighted by Crippen LogP contribution is -2.29. The Morgan fingerprint density at radius 1 is 1.53 bits per heavy atom. The number of nitrogen functional groups attached to an aromatic ring is 1. The molecule has 0 bridgehead atoms. The van der Waals surface area contributed by atoms with E-state index in [2.05, 4.69) is 31.1 Å². The van der Waals surface area contributed by atoms with E-state index in [1.807, 2.05) is 0 Å². The number of nitrogens with one attached hydrogen (secondary N) is 2. The topological polar surface area (TPSA) is 114 Å². The van der Waals surface area contributed by atoms with Gasteiger partial charge in [-0.05, 0) is 22.0 Å². The van der Waals surface area contributed by atoms with Gasteiger partial charge in [-0.1, -0.05) is 6.92 Å². The largest absolute Gasteiger partial charge is 0.307 e. The predicted molar refractivity (Wildman–Crippen MR) is 78.5 cm³/mol. The third kappa shape index (κ3) is 4.80. The smallest absolute Gasteiger partial charge is 0.244 e. The SMILES string of the molecule is CCS(=O)CCNS(=O)(=O)c1cc(Br)cnc1NN. The van der Waals surface area contributed by atoms with E-state index in [9.17, 15) is 12.6 Å².